The molecule has 2 nitrogen and oxygen atoms in total. The highest BCUT2D eigenvalue weighted by Crippen LogP contribution is 2.18. The van der Waals surface area contributed by atoms with Crippen molar-refractivity contribution in [3.63, 3.8) is 0 Å². The lowest BCUT2D eigenvalue weighted by Crippen LogP contribution is -2.25. The first-order chi connectivity index (χ1) is 7.81. The summed E-state index contributed by atoms with van der Waals surface area (Å²) in [6.45, 7) is 7.44. The fraction of sp³-hybridized carbons (Fsp3) is 0.500. The van der Waals surface area contributed by atoms with Gasteiger partial charge in [0.2, 0.25) is 0 Å². The molecule has 0 aromatic heterocycles. The molecule has 17 heavy (non-hydrogen) atoms. The molecule has 0 radical (unpaired) electrons. The van der Waals surface area contributed by atoms with Gasteiger partial charge in [-0.3, -0.25) is 0 Å². The highest BCUT2D eigenvalue weighted by atomic mass is 79.9. The Labute approximate surface area is 115 Å². The van der Waals surface area contributed by atoms with Crippen LogP contribution in [0.2, 0.25) is 0 Å². The molecule has 0 saturated heterocycles. The van der Waals surface area contributed by atoms with Gasteiger partial charge in [-0.2, -0.15) is 5.26 Å². The topological polar surface area (TPSA) is 27.0 Å². The van der Waals surface area contributed by atoms with Gasteiger partial charge in [-0.15, -0.1) is 17.0 Å². The lowest BCUT2D eigenvalue weighted by molar-refractivity contribution is 0.296. The minimum absolute atomic E-state index is 0. The molecule has 0 saturated carbocycles. The molecule has 0 aliphatic heterocycles. The molecular formula is C14H21BrN2. The molecule has 1 atom stereocenters. The first-order valence-corrected chi connectivity index (χ1v) is 5.98. The van der Waals surface area contributed by atoms with Crippen molar-refractivity contribution in [2.75, 3.05) is 19.6 Å². The zero-order valence-electron chi connectivity index (χ0n) is 10.6. The van der Waals surface area contributed by atoms with E-state index in [9.17, 15) is 0 Å². The van der Waals surface area contributed by atoms with Crippen LogP contribution >= 0.6 is 17.0 Å². The first kappa shape index (κ1) is 16.1. The summed E-state index contributed by atoms with van der Waals surface area (Å²) in [5, 5.41) is 9.17. The van der Waals surface area contributed by atoms with Gasteiger partial charge in [-0.25, -0.2) is 0 Å². The van der Waals surface area contributed by atoms with Crippen molar-refractivity contribution < 1.29 is 0 Å². The van der Waals surface area contributed by atoms with Crippen molar-refractivity contribution in [2.24, 2.45) is 0 Å². The van der Waals surface area contributed by atoms with Crippen molar-refractivity contribution in [3.8, 4) is 6.07 Å². The summed E-state index contributed by atoms with van der Waals surface area (Å²) in [5.41, 5.74) is 1.14. The molecule has 1 unspecified atom stereocenters. The Hall–Kier alpha value is -0.850. The summed E-state index contributed by atoms with van der Waals surface area (Å²) in [6.07, 6.45) is 0.919. The zero-order chi connectivity index (χ0) is 11.8. The minimum Gasteiger partial charge on any atom is -0.304 e. The van der Waals surface area contributed by atoms with Gasteiger partial charge >= 0.3 is 0 Å². The maximum absolute atomic E-state index is 9.17. The highest BCUT2D eigenvalue weighted by Gasteiger charge is 2.11. The Morgan fingerprint density at radius 2 is 1.76 bits per heavy atom. The fourth-order valence-corrected chi connectivity index (χ4v) is 1.84. The Balaban J connectivity index is 0.00000256. The van der Waals surface area contributed by atoms with Crippen molar-refractivity contribution in [2.45, 2.75) is 26.2 Å². The smallest absolute Gasteiger partial charge is 0.0724 e. The average molecular weight is 297 g/mol. The van der Waals surface area contributed by atoms with Crippen LogP contribution in [0.25, 0.3) is 0 Å². The van der Waals surface area contributed by atoms with Crippen LogP contribution in [-0.4, -0.2) is 24.5 Å². The number of nitrogens with zero attached hydrogens (tertiary/aromatic N) is 2. The number of hydrogen-bond donors (Lipinski definition) is 0. The van der Waals surface area contributed by atoms with Crippen LogP contribution in [0.1, 0.15) is 31.7 Å². The molecule has 0 spiro atoms. The normalized spacial score (nSPS) is 11.6. The van der Waals surface area contributed by atoms with Crippen LogP contribution in [0, 0.1) is 11.3 Å². The van der Waals surface area contributed by atoms with Crippen LogP contribution < -0.4 is 0 Å². The minimum atomic E-state index is 0. The van der Waals surface area contributed by atoms with Gasteiger partial charge in [-0.1, -0.05) is 44.2 Å². The van der Waals surface area contributed by atoms with Crippen LogP contribution in [-0.2, 0) is 0 Å². The van der Waals surface area contributed by atoms with Crippen LogP contribution in [0.4, 0.5) is 0 Å². The van der Waals surface area contributed by atoms with E-state index in [1.165, 1.54) is 0 Å². The quantitative estimate of drug-likeness (QED) is 0.802. The monoisotopic (exact) mass is 296 g/mol. The molecule has 0 fully saturated rings. The first-order valence-electron chi connectivity index (χ1n) is 5.98. The van der Waals surface area contributed by atoms with Crippen LogP contribution in [0.5, 0.6) is 0 Å². The molecule has 0 N–H and O–H groups in total. The third kappa shape index (κ3) is 5.34. The second kappa shape index (κ2) is 9.21. The highest BCUT2D eigenvalue weighted by molar-refractivity contribution is 8.93. The van der Waals surface area contributed by atoms with E-state index < -0.39 is 0 Å². The molecular weight excluding hydrogens is 276 g/mol. The van der Waals surface area contributed by atoms with Gasteiger partial charge < -0.3 is 4.90 Å². The summed E-state index contributed by atoms with van der Waals surface area (Å²) >= 11 is 0. The number of rotatable bonds is 6. The number of benzene rings is 1. The maximum atomic E-state index is 9.17. The molecule has 0 bridgehead atoms. The molecule has 0 aliphatic carbocycles. The maximum Gasteiger partial charge on any atom is 0.0724 e. The summed E-state index contributed by atoms with van der Waals surface area (Å²) in [5.74, 6) is 0.0294. The van der Waals surface area contributed by atoms with E-state index in [1.54, 1.807) is 0 Å². The molecule has 1 aromatic carbocycles. The SMILES string of the molecule is Br.CCN(CC)CCC(C#N)c1ccccc1. The standard InChI is InChI=1S/C14H20N2.BrH/c1-3-16(4-2)11-10-14(12-15)13-8-6-5-7-9-13;/h5-9,14H,3-4,10-11H2,1-2H3;1H. The van der Waals surface area contributed by atoms with Crippen molar-refractivity contribution in [3.05, 3.63) is 35.9 Å². The number of hydrogen-bond acceptors (Lipinski definition) is 2. The summed E-state index contributed by atoms with van der Waals surface area (Å²) < 4.78 is 0. The number of halogens is 1. The lowest BCUT2D eigenvalue weighted by atomic mass is 9.97. The van der Waals surface area contributed by atoms with Crippen molar-refractivity contribution in [1.82, 2.24) is 4.90 Å². The van der Waals surface area contributed by atoms with Gasteiger partial charge in [0, 0.05) is 0 Å². The van der Waals surface area contributed by atoms with Gasteiger partial charge in [0.05, 0.1) is 12.0 Å². The van der Waals surface area contributed by atoms with Crippen molar-refractivity contribution in [1.29, 1.82) is 5.26 Å². The molecule has 0 amide bonds. The largest absolute Gasteiger partial charge is 0.304 e. The van der Waals surface area contributed by atoms with E-state index in [4.69, 9.17) is 5.26 Å². The van der Waals surface area contributed by atoms with E-state index in [2.05, 4.69) is 24.8 Å². The predicted octanol–water partition coefficient (Wildman–Crippen LogP) is 3.60. The third-order valence-corrected chi connectivity index (χ3v) is 2.99. The summed E-state index contributed by atoms with van der Waals surface area (Å²) in [6, 6.07) is 12.5. The van der Waals surface area contributed by atoms with Crippen molar-refractivity contribution >= 4 is 17.0 Å². The summed E-state index contributed by atoms with van der Waals surface area (Å²) in [7, 11) is 0. The molecule has 94 valence electrons. The molecule has 3 heteroatoms. The Bertz CT molecular complexity index is 328. The molecule has 0 aliphatic rings. The Kier molecular flexibility index (Phi) is 8.75. The van der Waals surface area contributed by atoms with E-state index in [1.807, 2.05) is 30.3 Å². The molecule has 1 aromatic rings. The Morgan fingerprint density at radius 3 is 2.24 bits per heavy atom. The van der Waals surface area contributed by atoms with Gasteiger partial charge in [0.25, 0.3) is 0 Å². The summed E-state index contributed by atoms with van der Waals surface area (Å²) in [4.78, 5) is 2.35. The van der Waals surface area contributed by atoms with E-state index in [0.717, 1.165) is 31.6 Å². The van der Waals surface area contributed by atoms with E-state index in [0.29, 0.717) is 0 Å². The zero-order valence-corrected chi connectivity index (χ0v) is 12.3. The Morgan fingerprint density at radius 1 is 1.18 bits per heavy atom. The van der Waals surface area contributed by atoms with E-state index >= 15 is 0 Å². The third-order valence-electron chi connectivity index (χ3n) is 2.99. The second-order valence-electron chi connectivity index (χ2n) is 3.91. The van der Waals surface area contributed by atoms with Gasteiger partial charge in [-0.05, 0) is 31.6 Å². The average Bonchev–Trinajstić information content (AvgIpc) is 2.36. The van der Waals surface area contributed by atoms with E-state index in [-0.39, 0.29) is 22.9 Å². The number of nitriles is 1. The molecule has 0 heterocycles. The fourth-order valence-electron chi connectivity index (χ4n) is 1.84. The van der Waals surface area contributed by atoms with Gasteiger partial charge in [0.15, 0.2) is 0 Å². The van der Waals surface area contributed by atoms with Crippen LogP contribution in [0.15, 0.2) is 30.3 Å². The van der Waals surface area contributed by atoms with Gasteiger partial charge in [0.1, 0.15) is 0 Å². The predicted molar refractivity (Wildman–Crippen MR) is 77.5 cm³/mol. The van der Waals surface area contributed by atoms with Crippen LogP contribution in [0.3, 0.4) is 0 Å². The molecule has 1 rings (SSSR count). The lowest BCUT2D eigenvalue weighted by Gasteiger charge is -2.19. The second-order valence-corrected chi connectivity index (χ2v) is 3.91.